The molecule has 0 atom stereocenters. The number of aromatic nitrogens is 4. The minimum atomic E-state index is -3.32. The van der Waals surface area contributed by atoms with Crippen molar-refractivity contribution in [1.29, 1.82) is 0 Å². The van der Waals surface area contributed by atoms with E-state index in [1.165, 1.54) is 0 Å². The van der Waals surface area contributed by atoms with Crippen LogP contribution in [0, 0.1) is 0 Å². The third kappa shape index (κ3) is 6.43. The molecule has 0 spiro atoms. The zero-order valence-corrected chi connectivity index (χ0v) is 18.7. The molecule has 4 rings (SSSR count). The average Bonchev–Trinajstić information content (AvgIpc) is 2.79. The predicted molar refractivity (Wildman–Crippen MR) is 124 cm³/mol. The number of morpholine rings is 1. The van der Waals surface area contributed by atoms with Crippen LogP contribution in [0.2, 0.25) is 0 Å². The Balaban J connectivity index is 1.54. The molecule has 0 bridgehead atoms. The molecule has 3 heterocycles. The van der Waals surface area contributed by atoms with Crippen molar-refractivity contribution in [2.45, 2.75) is 5.75 Å². The minimum absolute atomic E-state index is 0.183. The van der Waals surface area contributed by atoms with Gasteiger partial charge < -0.3 is 20.3 Å². The van der Waals surface area contributed by atoms with Crippen LogP contribution < -0.4 is 15.5 Å². The Labute approximate surface area is 191 Å². The minimum Gasteiger partial charge on any atom is -0.378 e. The lowest BCUT2D eigenvalue weighted by Crippen LogP contribution is -2.37. The second kappa shape index (κ2) is 9.88. The smallest absolute Gasteiger partial charge is 0.323 e. The van der Waals surface area contributed by atoms with Crippen molar-refractivity contribution in [3.63, 3.8) is 0 Å². The van der Waals surface area contributed by atoms with E-state index in [1.54, 1.807) is 48.8 Å². The van der Waals surface area contributed by atoms with E-state index in [-0.39, 0.29) is 17.6 Å². The molecule has 1 aromatic carbocycles. The third-order valence-electron chi connectivity index (χ3n) is 4.69. The first-order valence-corrected chi connectivity index (χ1v) is 12.3. The molecular weight excluding hydrogens is 446 g/mol. The van der Waals surface area contributed by atoms with Crippen molar-refractivity contribution < 1.29 is 17.9 Å². The van der Waals surface area contributed by atoms with Gasteiger partial charge in [-0.05, 0) is 36.4 Å². The van der Waals surface area contributed by atoms with Crippen molar-refractivity contribution in [2.24, 2.45) is 0 Å². The van der Waals surface area contributed by atoms with E-state index < -0.39 is 9.84 Å². The monoisotopic (exact) mass is 469 g/mol. The number of nitrogens with one attached hydrogen (secondary N) is 2. The van der Waals surface area contributed by atoms with Crippen molar-refractivity contribution in [2.75, 3.05) is 48.1 Å². The van der Waals surface area contributed by atoms with Gasteiger partial charge in [0.2, 0.25) is 5.95 Å². The van der Waals surface area contributed by atoms with Gasteiger partial charge in [0.15, 0.2) is 15.7 Å². The molecule has 1 aliphatic rings. The topological polar surface area (TPSA) is 139 Å². The summed E-state index contributed by atoms with van der Waals surface area (Å²) in [6.07, 6.45) is 4.31. The Hall–Kier alpha value is -3.64. The largest absolute Gasteiger partial charge is 0.378 e. The molecule has 33 heavy (non-hydrogen) atoms. The molecule has 2 aromatic heterocycles. The molecule has 2 N–H and O–H groups in total. The van der Waals surface area contributed by atoms with E-state index in [9.17, 15) is 13.2 Å². The summed E-state index contributed by atoms with van der Waals surface area (Å²) in [4.78, 5) is 31.3. The number of carbonyl (C=O) groups is 1. The molecule has 0 radical (unpaired) electrons. The van der Waals surface area contributed by atoms with Gasteiger partial charge in [-0.1, -0.05) is 0 Å². The molecule has 12 heteroatoms. The summed E-state index contributed by atoms with van der Waals surface area (Å²) in [6, 6.07) is 9.92. The van der Waals surface area contributed by atoms with Crippen LogP contribution in [-0.2, 0) is 20.3 Å². The van der Waals surface area contributed by atoms with Crippen LogP contribution in [0.4, 0.5) is 22.1 Å². The van der Waals surface area contributed by atoms with Crippen LogP contribution in [0.3, 0.4) is 0 Å². The molecule has 172 valence electrons. The van der Waals surface area contributed by atoms with Crippen LogP contribution in [0.25, 0.3) is 11.4 Å². The summed E-state index contributed by atoms with van der Waals surface area (Å²) in [5.41, 5.74) is 1.87. The fourth-order valence-corrected chi connectivity index (χ4v) is 3.77. The van der Waals surface area contributed by atoms with Gasteiger partial charge in [0.25, 0.3) is 0 Å². The highest BCUT2D eigenvalue weighted by atomic mass is 32.2. The number of sulfone groups is 1. The van der Waals surface area contributed by atoms with E-state index in [0.717, 1.165) is 6.26 Å². The maximum atomic E-state index is 12.2. The maximum Gasteiger partial charge on any atom is 0.323 e. The summed E-state index contributed by atoms with van der Waals surface area (Å²) in [6.45, 7) is 2.31. The first kappa shape index (κ1) is 22.6. The summed E-state index contributed by atoms with van der Waals surface area (Å²) >= 11 is 0. The van der Waals surface area contributed by atoms with Crippen molar-refractivity contribution in [3.8, 4) is 11.4 Å². The maximum absolute atomic E-state index is 12.2. The molecule has 3 aromatic rings. The molecule has 1 saturated heterocycles. The average molecular weight is 470 g/mol. The van der Waals surface area contributed by atoms with Crippen molar-refractivity contribution in [3.05, 3.63) is 54.6 Å². The molecular formula is C21H23N7O4S. The number of hydrogen-bond donors (Lipinski definition) is 2. The summed E-state index contributed by atoms with van der Waals surface area (Å²) in [7, 11) is -3.32. The van der Waals surface area contributed by atoms with Gasteiger partial charge in [-0.3, -0.25) is 4.98 Å². The quantitative estimate of drug-likeness (QED) is 0.554. The number of hydrogen-bond acceptors (Lipinski definition) is 9. The van der Waals surface area contributed by atoms with Crippen LogP contribution >= 0.6 is 0 Å². The molecule has 2 amide bonds. The Morgan fingerprint density at radius 2 is 1.61 bits per heavy atom. The number of ether oxygens (including phenoxy) is 1. The SMILES string of the molecule is CS(=O)(=O)Cc1nc(-c2ccc(NC(=O)Nc3ccncc3)cc2)nc(N2CCOCC2)n1. The first-order chi connectivity index (χ1) is 15.9. The van der Waals surface area contributed by atoms with Crippen molar-refractivity contribution in [1.82, 2.24) is 19.9 Å². The fraction of sp³-hybridized carbons (Fsp3) is 0.286. The highest BCUT2D eigenvalue weighted by Gasteiger charge is 2.19. The van der Waals surface area contributed by atoms with Crippen LogP contribution in [-0.4, -0.2) is 66.9 Å². The van der Waals surface area contributed by atoms with Gasteiger partial charge in [0.05, 0.1) is 13.2 Å². The molecule has 11 nitrogen and oxygen atoms in total. The van der Waals surface area contributed by atoms with E-state index in [4.69, 9.17) is 4.74 Å². The standard InChI is InChI=1S/C21H23N7O4S/c1-33(30,31)14-18-25-19(27-20(26-18)28-10-12-32-13-11-28)15-2-4-16(5-3-15)23-21(29)24-17-6-8-22-9-7-17/h2-9H,10-14H2,1H3,(H2,22,23,24,29). The van der Waals surface area contributed by atoms with E-state index in [1.807, 2.05) is 4.90 Å². The Bertz CT molecular complexity index is 1220. The number of carbonyl (C=O) groups excluding carboxylic acids is 1. The zero-order valence-electron chi connectivity index (χ0n) is 17.9. The highest BCUT2D eigenvalue weighted by molar-refractivity contribution is 7.89. The van der Waals surface area contributed by atoms with E-state index in [2.05, 4.69) is 30.6 Å². The van der Waals surface area contributed by atoms with Crippen LogP contribution in [0.15, 0.2) is 48.8 Å². The van der Waals surface area contributed by atoms with Gasteiger partial charge >= 0.3 is 6.03 Å². The van der Waals surface area contributed by atoms with Gasteiger partial charge in [-0.25, -0.2) is 18.2 Å². The van der Waals surface area contributed by atoms with E-state index >= 15 is 0 Å². The third-order valence-corrected chi connectivity index (χ3v) is 5.48. The van der Waals surface area contributed by atoms with Gasteiger partial charge in [-0.15, -0.1) is 0 Å². The van der Waals surface area contributed by atoms with E-state index in [0.29, 0.717) is 55.0 Å². The van der Waals surface area contributed by atoms with Gasteiger partial charge in [0.1, 0.15) is 11.6 Å². The van der Waals surface area contributed by atoms with Crippen LogP contribution in [0.1, 0.15) is 5.82 Å². The summed E-state index contributed by atoms with van der Waals surface area (Å²) in [5, 5.41) is 5.46. The lowest BCUT2D eigenvalue weighted by Gasteiger charge is -2.27. The van der Waals surface area contributed by atoms with Crippen LogP contribution in [0.5, 0.6) is 0 Å². The molecule has 0 aliphatic carbocycles. The predicted octanol–water partition coefficient (Wildman–Crippen LogP) is 1.96. The second-order valence-corrected chi connectivity index (χ2v) is 9.58. The van der Waals surface area contributed by atoms with Crippen molar-refractivity contribution >= 4 is 33.2 Å². The normalized spacial score (nSPS) is 14.0. The second-order valence-electron chi connectivity index (χ2n) is 7.44. The molecule has 1 fully saturated rings. The van der Waals surface area contributed by atoms with Gasteiger partial charge in [-0.2, -0.15) is 9.97 Å². The number of amides is 2. The summed E-state index contributed by atoms with van der Waals surface area (Å²) in [5.74, 6) is 0.677. The fourth-order valence-electron chi connectivity index (χ4n) is 3.17. The number of anilines is 3. The lowest BCUT2D eigenvalue weighted by atomic mass is 10.2. The number of pyridine rings is 1. The number of benzene rings is 1. The Kier molecular flexibility index (Phi) is 6.75. The molecule has 1 aliphatic heterocycles. The summed E-state index contributed by atoms with van der Waals surface area (Å²) < 4.78 is 29.0. The Morgan fingerprint density at radius 1 is 0.970 bits per heavy atom. The molecule has 0 unspecified atom stereocenters. The lowest BCUT2D eigenvalue weighted by molar-refractivity contribution is 0.122. The Morgan fingerprint density at radius 3 is 2.24 bits per heavy atom. The van der Waals surface area contributed by atoms with Gasteiger partial charge in [0, 0.05) is 48.7 Å². The number of urea groups is 1. The number of rotatable bonds is 6. The molecule has 0 saturated carbocycles. The highest BCUT2D eigenvalue weighted by Crippen LogP contribution is 2.22. The zero-order chi connectivity index (χ0) is 23.3. The number of nitrogens with zero attached hydrogens (tertiary/aromatic N) is 5. The first-order valence-electron chi connectivity index (χ1n) is 10.2.